The van der Waals surface area contributed by atoms with Crippen LogP contribution in [-0.2, 0) is 14.3 Å². The predicted octanol–water partition coefficient (Wildman–Crippen LogP) is 11.9. The number of hydrogen-bond acceptors (Lipinski definition) is 7. The summed E-state index contributed by atoms with van der Waals surface area (Å²) in [4.78, 5) is 24.8. The summed E-state index contributed by atoms with van der Waals surface area (Å²) in [6.45, 7) is 5.45. The first-order valence-electron chi connectivity index (χ1n) is 22.2. The predicted molar refractivity (Wildman–Crippen MR) is 225 cm³/mol. The van der Waals surface area contributed by atoms with E-state index in [4.69, 9.17) is 25.8 Å². The van der Waals surface area contributed by atoms with Crippen molar-refractivity contribution >= 4 is 23.5 Å². The largest absolute Gasteiger partial charge is 0.494 e. The summed E-state index contributed by atoms with van der Waals surface area (Å²) in [6, 6.07) is 7.12. The van der Waals surface area contributed by atoms with Crippen LogP contribution in [0.4, 0.5) is 0 Å². The fraction of sp³-hybridized carbons (Fsp3) is 0.745. The standard InChI is InChI=1S/C47H75ClO7/c1-3-5-6-7-8-9-10-11-12-13-14-17-20-33-53-39-26-21-25-38(36-39)46(52)55-35-24-34-54-45(51)30-19-16-15-18-27-40-41(43(49)37-42(40)48)28-22-29-44(50)47(4-2)31-23-32-47/h15,18,21-22,25-26,28,36,40-44,49-50H,3-14,16-17,19-20,23-24,27,29-35,37H2,1-2H3/b18-15-,28-22+/t40-,41+,42+,43-,44+/m1/s1. The molecule has 0 aliphatic heterocycles. The van der Waals surface area contributed by atoms with Gasteiger partial charge >= 0.3 is 11.9 Å². The second kappa shape index (κ2) is 28.1. The Labute approximate surface area is 339 Å². The van der Waals surface area contributed by atoms with Crippen LogP contribution in [-0.4, -0.2) is 59.6 Å². The first kappa shape index (κ1) is 47.0. The molecule has 2 N–H and O–H groups in total. The maximum atomic E-state index is 12.6. The lowest BCUT2D eigenvalue weighted by Gasteiger charge is -2.45. The average Bonchev–Trinajstić information content (AvgIpc) is 3.43. The highest BCUT2D eigenvalue weighted by Crippen LogP contribution is 2.48. The third kappa shape index (κ3) is 18.2. The first-order chi connectivity index (χ1) is 26.8. The molecule has 312 valence electrons. The molecule has 1 aromatic rings. The van der Waals surface area contributed by atoms with Crippen molar-refractivity contribution in [2.75, 3.05) is 19.8 Å². The van der Waals surface area contributed by atoms with E-state index in [0.717, 1.165) is 44.9 Å². The molecule has 0 heterocycles. The van der Waals surface area contributed by atoms with Crippen LogP contribution in [0.25, 0.3) is 0 Å². The zero-order chi connectivity index (χ0) is 39.6. The first-order valence-corrected chi connectivity index (χ1v) is 22.6. The van der Waals surface area contributed by atoms with Crippen molar-refractivity contribution in [1.29, 1.82) is 0 Å². The van der Waals surface area contributed by atoms with Gasteiger partial charge in [0.15, 0.2) is 0 Å². The van der Waals surface area contributed by atoms with Crippen LogP contribution < -0.4 is 4.74 Å². The molecule has 55 heavy (non-hydrogen) atoms. The number of allylic oxidation sites excluding steroid dienone is 2. The molecule has 2 fully saturated rings. The van der Waals surface area contributed by atoms with Crippen molar-refractivity contribution in [3.8, 4) is 5.75 Å². The second-order valence-corrected chi connectivity index (χ2v) is 16.8. The van der Waals surface area contributed by atoms with Crippen molar-refractivity contribution in [1.82, 2.24) is 0 Å². The summed E-state index contributed by atoms with van der Waals surface area (Å²) in [5.41, 5.74) is 0.529. The maximum Gasteiger partial charge on any atom is 0.338 e. The van der Waals surface area contributed by atoms with Crippen LogP contribution in [0.5, 0.6) is 5.75 Å². The van der Waals surface area contributed by atoms with Crippen molar-refractivity contribution in [3.63, 3.8) is 0 Å². The number of rotatable bonds is 31. The Hall–Kier alpha value is -2.35. The second-order valence-electron chi connectivity index (χ2n) is 16.2. The molecule has 3 rings (SSSR count). The molecule has 2 aliphatic carbocycles. The summed E-state index contributed by atoms with van der Waals surface area (Å²) in [7, 11) is 0. The Morgan fingerprint density at radius 2 is 1.53 bits per heavy atom. The van der Waals surface area contributed by atoms with Gasteiger partial charge in [-0.2, -0.15) is 0 Å². The van der Waals surface area contributed by atoms with Crippen molar-refractivity contribution in [2.24, 2.45) is 17.3 Å². The van der Waals surface area contributed by atoms with Gasteiger partial charge in [0.25, 0.3) is 0 Å². The number of esters is 2. The van der Waals surface area contributed by atoms with Crippen molar-refractivity contribution in [2.45, 2.75) is 186 Å². The number of unbranched alkanes of at least 4 members (excludes halogenated alkanes) is 13. The van der Waals surface area contributed by atoms with E-state index in [1.54, 1.807) is 18.2 Å². The number of benzene rings is 1. The number of alkyl halides is 1. The van der Waals surface area contributed by atoms with E-state index in [2.05, 4.69) is 32.1 Å². The Kier molecular flexibility index (Phi) is 24.0. The topological polar surface area (TPSA) is 102 Å². The highest BCUT2D eigenvalue weighted by atomic mass is 35.5. The van der Waals surface area contributed by atoms with E-state index in [1.807, 2.05) is 12.1 Å². The number of halogens is 1. The Balaban J connectivity index is 1.18. The minimum atomic E-state index is -0.467. The number of carbonyl (C=O) groups excluding carboxylic acids is 2. The minimum Gasteiger partial charge on any atom is -0.494 e. The average molecular weight is 788 g/mol. The molecule has 0 amide bonds. The monoisotopic (exact) mass is 787 g/mol. The van der Waals surface area contributed by atoms with E-state index >= 15 is 0 Å². The zero-order valence-corrected chi connectivity index (χ0v) is 35.2. The minimum absolute atomic E-state index is 0.0181. The molecule has 0 spiro atoms. The van der Waals surface area contributed by atoms with Gasteiger partial charge in [-0.3, -0.25) is 4.79 Å². The molecule has 5 atom stereocenters. The van der Waals surface area contributed by atoms with Gasteiger partial charge in [0.2, 0.25) is 0 Å². The highest BCUT2D eigenvalue weighted by Gasteiger charge is 2.42. The molecule has 7 nitrogen and oxygen atoms in total. The normalized spacial score (nSPS) is 21.2. The number of ether oxygens (including phenoxy) is 3. The van der Waals surface area contributed by atoms with Gasteiger partial charge in [-0.15, -0.1) is 11.6 Å². The number of aliphatic hydroxyl groups excluding tert-OH is 2. The summed E-state index contributed by atoms with van der Waals surface area (Å²) in [6.07, 6.45) is 33.1. The van der Waals surface area contributed by atoms with Crippen LogP contribution in [0.2, 0.25) is 0 Å². The van der Waals surface area contributed by atoms with E-state index in [1.165, 1.54) is 77.0 Å². The van der Waals surface area contributed by atoms with Gasteiger partial charge in [-0.05, 0) is 87.3 Å². The van der Waals surface area contributed by atoms with Crippen LogP contribution in [0.1, 0.15) is 178 Å². The molecule has 2 aliphatic rings. The zero-order valence-electron chi connectivity index (χ0n) is 34.4. The summed E-state index contributed by atoms with van der Waals surface area (Å²) < 4.78 is 16.6. The molecule has 0 saturated heterocycles. The quantitative estimate of drug-likeness (QED) is 0.0334. The van der Waals surface area contributed by atoms with Crippen molar-refractivity contribution < 1.29 is 34.0 Å². The summed E-state index contributed by atoms with van der Waals surface area (Å²) >= 11 is 6.63. The maximum absolute atomic E-state index is 12.6. The SMILES string of the molecule is CCCCCCCCCCCCCCCOc1cccc(C(=O)OCCCOC(=O)CCC/C=C\C[C@@H]2[C@H](/C=C/C[C@H](O)C3(CC)CCC3)[C@H](O)C[C@@H]2Cl)c1. The summed E-state index contributed by atoms with van der Waals surface area (Å²) in [5.74, 6) is 0.130. The molecular formula is C47H75ClO7. The molecule has 0 radical (unpaired) electrons. The van der Waals surface area contributed by atoms with E-state index < -0.39 is 12.1 Å². The third-order valence-electron chi connectivity index (χ3n) is 12.0. The number of hydrogen-bond donors (Lipinski definition) is 2. The molecule has 2 saturated carbocycles. The lowest BCUT2D eigenvalue weighted by atomic mass is 9.63. The van der Waals surface area contributed by atoms with Gasteiger partial charge in [0.1, 0.15) is 5.75 Å². The van der Waals surface area contributed by atoms with Gasteiger partial charge in [0, 0.05) is 24.1 Å². The van der Waals surface area contributed by atoms with Crippen molar-refractivity contribution in [3.05, 3.63) is 54.1 Å². The molecule has 0 bridgehead atoms. The van der Waals surface area contributed by atoms with Gasteiger partial charge in [0.05, 0.1) is 37.6 Å². The van der Waals surface area contributed by atoms with Crippen LogP contribution >= 0.6 is 11.6 Å². The lowest BCUT2D eigenvalue weighted by Crippen LogP contribution is -2.40. The Bertz CT molecular complexity index is 1240. The number of aliphatic hydroxyl groups is 2. The molecule has 0 unspecified atom stereocenters. The lowest BCUT2D eigenvalue weighted by molar-refractivity contribution is -0.144. The van der Waals surface area contributed by atoms with Gasteiger partial charge in [-0.1, -0.05) is 128 Å². The Morgan fingerprint density at radius 1 is 0.855 bits per heavy atom. The molecule has 1 aromatic carbocycles. The summed E-state index contributed by atoms with van der Waals surface area (Å²) in [5, 5.41) is 21.3. The molecular weight excluding hydrogens is 712 g/mol. The van der Waals surface area contributed by atoms with E-state index in [-0.39, 0.29) is 47.9 Å². The molecule has 8 heteroatoms. The van der Waals surface area contributed by atoms with Crippen LogP contribution in [0, 0.1) is 17.3 Å². The molecule has 0 aromatic heterocycles. The number of carbonyl (C=O) groups is 2. The smallest absolute Gasteiger partial charge is 0.338 e. The highest BCUT2D eigenvalue weighted by molar-refractivity contribution is 6.21. The van der Waals surface area contributed by atoms with Crippen LogP contribution in [0.15, 0.2) is 48.6 Å². The van der Waals surface area contributed by atoms with Crippen LogP contribution in [0.3, 0.4) is 0 Å². The Morgan fingerprint density at radius 3 is 2.18 bits per heavy atom. The fourth-order valence-corrected chi connectivity index (χ4v) is 8.61. The fourth-order valence-electron chi connectivity index (χ4n) is 8.16. The van der Waals surface area contributed by atoms with Gasteiger partial charge < -0.3 is 24.4 Å². The van der Waals surface area contributed by atoms with E-state index in [9.17, 15) is 19.8 Å². The van der Waals surface area contributed by atoms with E-state index in [0.29, 0.717) is 50.0 Å². The third-order valence-corrected chi connectivity index (χ3v) is 12.5. The van der Waals surface area contributed by atoms with Gasteiger partial charge in [-0.25, -0.2) is 4.79 Å².